The fourth-order valence-electron chi connectivity index (χ4n) is 11.5. The molecule has 0 saturated heterocycles. The number of imidazole rings is 1. The van der Waals surface area contributed by atoms with Gasteiger partial charge in [-0.3, -0.25) is 13.7 Å². The molecule has 0 unspecified atom stereocenters. The zero-order valence-electron chi connectivity index (χ0n) is 68.8. The second-order valence-corrected chi connectivity index (χ2v) is 25.3. The number of hydrogen-bond donors (Lipinski definition) is 0. The van der Waals surface area contributed by atoms with Gasteiger partial charge in [0.2, 0.25) is 0 Å². The average Bonchev–Trinajstić information content (AvgIpc) is 1.57. The van der Waals surface area contributed by atoms with Gasteiger partial charge in [0.1, 0.15) is 17.3 Å². The van der Waals surface area contributed by atoms with Crippen LogP contribution < -0.4 is 9.30 Å². The quantitative estimate of drug-likeness (QED) is 0.0956. The first-order chi connectivity index (χ1) is 50.5. The number of rotatable bonds is 11. The molecule has 14 rings (SSSR count). The van der Waals surface area contributed by atoms with E-state index in [0.29, 0.717) is 33.8 Å². The van der Waals surface area contributed by atoms with Crippen LogP contribution in [-0.4, -0.2) is 14.1 Å². The number of hydrogen-bond acceptors (Lipinski definition) is 2. The van der Waals surface area contributed by atoms with Gasteiger partial charge in [0.05, 0.1) is 58.1 Å². The number of fused-ring (bicyclic) bond motifs is 4. The van der Waals surface area contributed by atoms with E-state index in [1.807, 2.05) is 147 Å². The van der Waals surface area contributed by atoms with Gasteiger partial charge in [-0.1, -0.05) is 238 Å². The van der Waals surface area contributed by atoms with Crippen LogP contribution in [0.2, 0.25) is 0 Å². The Kier molecular flexibility index (Phi) is 9.93. The van der Waals surface area contributed by atoms with Gasteiger partial charge >= 0.3 is 0 Å². The second-order valence-electron chi connectivity index (χ2n) is 25.3. The second kappa shape index (κ2) is 22.4. The number of ether oxygens (including phenoxy) is 1. The first-order valence-electron chi connectivity index (χ1n) is 38.5. The van der Waals surface area contributed by atoms with Gasteiger partial charge in [-0.15, -0.1) is 0 Å². The molecule has 0 aliphatic rings. The van der Waals surface area contributed by atoms with Crippen molar-refractivity contribution in [1.82, 2.24) is 14.1 Å². The predicted octanol–water partition coefficient (Wildman–Crippen LogP) is 21.9. The molecule has 3 heterocycles. The Balaban J connectivity index is 1.12. The highest BCUT2D eigenvalue weighted by Crippen LogP contribution is 2.44. The van der Waals surface area contributed by atoms with Crippen LogP contribution in [0, 0.1) is 6.33 Å². The molecule has 0 radical (unpaired) electrons. The lowest BCUT2D eigenvalue weighted by molar-refractivity contribution is -0.571. The standard InChI is InChI=1S/C84H72N4O/c1-82(2,3)66-38-35-59(36-39-66)60-37-42-77-79(51-60)86(69-31-22-32-70(53-69)89-71-40-41-73-72-33-19-20-34-76(72)88(78(73)54-71)80-52-68(43-44-85-80)84(7,8)9)55-87(77)81-74(61-29-21-30-67(48-61)83(4,5)6)49-64(58-27-17-12-18-28-58)50-75(81)65-46-62(56-23-13-10-14-24-56)45-63(47-65)57-25-15-11-16-26-57/h10-54H,1-9H3/i10D,11D,12D,13D,14D,15D,16D,17D,18D,23D,24D,25D,26D,27D,28D,45D,46D,47D. The molecule has 434 valence electrons. The van der Waals surface area contributed by atoms with Crippen molar-refractivity contribution in [2.45, 2.75) is 78.6 Å². The summed E-state index contributed by atoms with van der Waals surface area (Å²) < 4.78 is 181. The van der Waals surface area contributed by atoms with E-state index in [9.17, 15) is 12.3 Å². The fourth-order valence-corrected chi connectivity index (χ4v) is 11.5. The third-order valence-electron chi connectivity index (χ3n) is 16.2. The van der Waals surface area contributed by atoms with Crippen molar-refractivity contribution in [3.05, 3.63) is 296 Å². The Morgan fingerprint density at radius 3 is 1.64 bits per heavy atom. The van der Waals surface area contributed by atoms with Crippen LogP contribution in [0.5, 0.6) is 11.5 Å². The molecule has 0 aliphatic heterocycles. The van der Waals surface area contributed by atoms with E-state index < -0.39 is 142 Å². The lowest BCUT2D eigenvalue weighted by Crippen LogP contribution is -2.31. The van der Waals surface area contributed by atoms with E-state index in [2.05, 4.69) is 82.8 Å². The van der Waals surface area contributed by atoms with Crippen LogP contribution in [0.25, 0.3) is 117 Å². The first kappa shape index (κ1) is 39.4. The SMILES string of the molecule is [2H]c1c([2H])c([2H])c(-c2cc(-c3cccc(C(C)(C)C)c3)c(-[n+]3[c-]n(-c4cccc(Oc5ccc6c7ccccc7n(-c7cc(C(C)(C)C)ccn7)c6c5)c4)c4cc(-c5ccc(C(C)(C)C)cc5)ccc43)c(-c3c([2H])c(-c4c([2H])c([2H])c([2H])c([2H])c4[2H])c([2H])c(-c4c([2H])c([2H])c([2H])c([2H])c4[2H])c3[2H])c2)c([2H])c1[2H]. The van der Waals surface area contributed by atoms with Crippen LogP contribution in [0.4, 0.5) is 0 Å². The molecule has 0 spiro atoms. The monoisotopic (exact) mass is 1170 g/mol. The summed E-state index contributed by atoms with van der Waals surface area (Å²) in [5, 5.41) is 2.01. The summed E-state index contributed by atoms with van der Waals surface area (Å²) in [4.78, 5) is 4.90. The van der Waals surface area contributed by atoms with Gasteiger partial charge in [0, 0.05) is 23.0 Å². The lowest BCUT2D eigenvalue weighted by atomic mass is 9.84. The summed E-state index contributed by atoms with van der Waals surface area (Å²) >= 11 is 0. The Labute approximate surface area is 548 Å². The van der Waals surface area contributed by atoms with Crippen LogP contribution in [0.1, 0.15) is 104 Å². The normalized spacial score (nSPS) is 14.9. The molecule has 3 aromatic heterocycles. The molecule has 0 fully saturated rings. The van der Waals surface area contributed by atoms with Gasteiger partial charge in [-0.2, -0.15) is 0 Å². The summed E-state index contributed by atoms with van der Waals surface area (Å²) in [6.45, 7) is 19.0. The fraction of sp³-hybridized carbons (Fsp3) is 0.143. The van der Waals surface area contributed by atoms with E-state index in [1.54, 1.807) is 10.6 Å². The molecule has 0 saturated carbocycles. The molecule has 0 aliphatic carbocycles. The summed E-state index contributed by atoms with van der Waals surface area (Å²) in [6.07, 6.45) is 5.51. The maximum Gasteiger partial charge on any atom is 0.269 e. The van der Waals surface area contributed by atoms with Crippen LogP contribution >= 0.6 is 0 Å². The highest BCUT2D eigenvalue weighted by atomic mass is 16.5. The molecule has 0 amide bonds. The maximum atomic E-state index is 10.7. The number of benzene rings is 11. The molecule has 11 aromatic carbocycles. The van der Waals surface area contributed by atoms with E-state index in [4.69, 9.17) is 22.1 Å². The smallest absolute Gasteiger partial charge is 0.269 e. The minimum Gasteiger partial charge on any atom is -0.458 e. The number of aromatic nitrogens is 4. The first-order valence-corrected chi connectivity index (χ1v) is 29.5. The van der Waals surface area contributed by atoms with Crippen LogP contribution in [0.3, 0.4) is 0 Å². The predicted molar refractivity (Wildman–Crippen MR) is 371 cm³/mol. The number of pyridine rings is 1. The van der Waals surface area contributed by atoms with Crippen molar-refractivity contribution >= 4 is 32.8 Å². The van der Waals surface area contributed by atoms with Crippen LogP contribution in [-0.2, 0) is 16.2 Å². The molecular formula is C84H72N4O. The van der Waals surface area contributed by atoms with Crippen molar-refractivity contribution < 1.29 is 34.0 Å². The Morgan fingerprint density at radius 2 is 0.978 bits per heavy atom. The van der Waals surface area contributed by atoms with E-state index >= 15 is 0 Å². The summed E-state index contributed by atoms with van der Waals surface area (Å²) in [5.74, 6) is 1.67. The third kappa shape index (κ3) is 11.0. The van der Waals surface area contributed by atoms with Gasteiger partial charge in [0.25, 0.3) is 6.33 Å². The topological polar surface area (TPSA) is 35.9 Å². The number of para-hydroxylation sites is 1. The Morgan fingerprint density at radius 1 is 0.404 bits per heavy atom. The molecular weight excluding hydrogens is 1080 g/mol. The van der Waals surface area contributed by atoms with Gasteiger partial charge in [-0.05, 0) is 185 Å². The number of nitrogens with zero attached hydrogens (tertiary/aromatic N) is 4. The minimum atomic E-state index is -0.881. The van der Waals surface area contributed by atoms with E-state index in [1.165, 1.54) is 6.07 Å². The average molecular weight is 1170 g/mol. The van der Waals surface area contributed by atoms with Gasteiger partial charge < -0.3 is 4.74 Å². The molecule has 5 heteroatoms. The highest BCUT2D eigenvalue weighted by Gasteiger charge is 2.26. The zero-order valence-corrected chi connectivity index (χ0v) is 50.8. The summed E-state index contributed by atoms with van der Waals surface area (Å²) in [5.41, 5.74) is 4.29. The molecule has 14 aromatic rings. The molecule has 5 nitrogen and oxygen atoms in total. The van der Waals surface area contributed by atoms with Crippen molar-refractivity contribution in [3.63, 3.8) is 0 Å². The van der Waals surface area contributed by atoms with Crippen molar-refractivity contribution in [2.24, 2.45) is 0 Å². The van der Waals surface area contributed by atoms with E-state index in [0.717, 1.165) is 55.4 Å². The molecule has 0 N–H and O–H groups in total. The third-order valence-corrected chi connectivity index (χ3v) is 16.2. The largest absolute Gasteiger partial charge is 0.458 e. The van der Waals surface area contributed by atoms with Gasteiger partial charge in [-0.25, -0.2) is 4.98 Å². The maximum absolute atomic E-state index is 10.7. The summed E-state index contributed by atoms with van der Waals surface area (Å²) in [7, 11) is 0. The van der Waals surface area contributed by atoms with E-state index in [-0.39, 0.29) is 38.8 Å². The van der Waals surface area contributed by atoms with Crippen molar-refractivity contribution in [1.29, 1.82) is 0 Å². The Hall–Kier alpha value is -10.4. The van der Waals surface area contributed by atoms with Crippen LogP contribution in [0.15, 0.2) is 273 Å². The Bertz CT molecular complexity index is 5920. The highest BCUT2D eigenvalue weighted by molar-refractivity contribution is 6.09. The minimum absolute atomic E-state index is 0.0391. The van der Waals surface area contributed by atoms with Crippen molar-refractivity contribution in [2.75, 3.05) is 0 Å². The zero-order chi connectivity index (χ0) is 76.8. The van der Waals surface area contributed by atoms with Gasteiger partial charge in [0.15, 0.2) is 0 Å². The summed E-state index contributed by atoms with van der Waals surface area (Å²) in [6, 6.07) is 36.1. The molecule has 0 bridgehead atoms. The lowest BCUT2D eigenvalue weighted by Gasteiger charge is -2.23. The van der Waals surface area contributed by atoms with Crippen molar-refractivity contribution in [3.8, 4) is 95.5 Å². The molecule has 0 atom stereocenters. The molecule has 89 heavy (non-hydrogen) atoms.